The molecule has 0 atom stereocenters. The number of aromatic nitrogens is 1. The minimum absolute atomic E-state index is 0.0494. The highest BCUT2D eigenvalue weighted by Gasteiger charge is 2.16. The Bertz CT molecular complexity index is 760. The Morgan fingerprint density at radius 1 is 1.20 bits per heavy atom. The van der Waals surface area contributed by atoms with Gasteiger partial charge in [-0.2, -0.15) is 0 Å². The van der Waals surface area contributed by atoms with Crippen LogP contribution in [-0.2, 0) is 9.84 Å². The van der Waals surface area contributed by atoms with Crippen molar-refractivity contribution in [2.45, 2.75) is 4.90 Å². The number of amides is 1. The smallest absolute Gasteiger partial charge is 0.258 e. The maximum absolute atomic E-state index is 12.1. The summed E-state index contributed by atoms with van der Waals surface area (Å²) in [4.78, 5) is 15.9. The van der Waals surface area contributed by atoms with Crippen LogP contribution in [0.4, 0.5) is 5.69 Å². The number of anilines is 1. The molecule has 0 bridgehead atoms. The molecule has 2 aromatic rings. The number of pyridine rings is 1. The van der Waals surface area contributed by atoms with Crippen LogP contribution in [0.5, 0.6) is 0 Å². The van der Waals surface area contributed by atoms with Crippen LogP contribution < -0.4 is 5.32 Å². The standard InChI is InChI=1S/C13H11ClN2O3S/c1-20(18,19)11-7-3-2-6-10(11)16-13(17)9-5-4-8-15-12(9)14/h2-8H,1H3,(H,16,17). The van der Waals surface area contributed by atoms with Gasteiger partial charge < -0.3 is 5.32 Å². The Kier molecular flexibility index (Phi) is 4.06. The van der Waals surface area contributed by atoms with Crippen molar-refractivity contribution in [1.29, 1.82) is 0 Å². The number of hydrogen-bond donors (Lipinski definition) is 1. The third kappa shape index (κ3) is 3.15. The van der Waals surface area contributed by atoms with Crippen molar-refractivity contribution in [2.24, 2.45) is 0 Å². The van der Waals surface area contributed by atoms with E-state index in [4.69, 9.17) is 11.6 Å². The lowest BCUT2D eigenvalue weighted by Crippen LogP contribution is -2.15. The molecule has 7 heteroatoms. The summed E-state index contributed by atoms with van der Waals surface area (Å²) in [7, 11) is -3.43. The molecule has 1 heterocycles. The Labute approximate surface area is 121 Å². The van der Waals surface area contributed by atoms with E-state index in [1.54, 1.807) is 18.2 Å². The fourth-order valence-corrected chi connectivity index (χ4v) is 2.69. The highest BCUT2D eigenvalue weighted by atomic mass is 35.5. The maximum Gasteiger partial charge on any atom is 0.258 e. The van der Waals surface area contributed by atoms with Crippen molar-refractivity contribution in [3.05, 3.63) is 53.3 Å². The summed E-state index contributed by atoms with van der Waals surface area (Å²) in [5.74, 6) is -0.515. The maximum atomic E-state index is 12.1. The number of carbonyl (C=O) groups is 1. The van der Waals surface area contributed by atoms with Gasteiger partial charge >= 0.3 is 0 Å². The van der Waals surface area contributed by atoms with Crippen LogP contribution in [0.3, 0.4) is 0 Å². The molecule has 0 saturated carbocycles. The van der Waals surface area contributed by atoms with Crippen LogP contribution in [-0.4, -0.2) is 25.6 Å². The lowest BCUT2D eigenvalue weighted by atomic mass is 10.2. The van der Waals surface area contributed by atoms with E-state index >= 15 is 0 Å². The van der Waals surface area contributed by atoms with Crippen molar-refractivity contribution < 1.29 is 13.2 Å². The van der Waals surface area contributed by atoms with Crippen LogP contribution in [0, 0.1) is 0 Å². The van der Waals surface area contributed by atoms with Gasteiger partial charge in [-0.25, -0.2) is 13.4 Å². The molecule has 0 fully saturated rings. The van der Waals surface area contributed by atoms with Gasteiger partial charge in [0.05, 0.1) is 16.1 Å². The molecule has 0 aliphatic carbocycles. The van der Waals surface area contributed by atoms with Gasteiger partial charge in [-0.1, -0.05) is 23.7 Å². The number of hydrogen-bond acceptors (Lipinski definition) is 4. The number of rotatable bonds is 3. The fourth-order valence-electron chi connectivity index (χ4n) is 1.64. The molecule has 0 unspecified atom stereocenters. The summed E-state index contributed by atoms with van der Waals surface area (Å²) in [5.41, 5.74) is 0.386. The van der Waals surface area contributed by atoms with Gasteiger partial charge in [0, 0.05) is 12.5 Å². The molecule has 1 aromatic heterocycles. The van der Waals surface area contributed by atoms with E-state index < -0.39 is 15.7 Å². The molecule has 1 aromatic carbocycles. The Hall–Kier alpha value is -1.92. The SMILES string of the molecule is CS(=O)(=O)c1ccccc1NC(=O)c1cccnc1Cl. The lowest BCUT2D eigenvalue weighted by molar-refractivity contribution is 0.102. The second kappa shape index (κ2) is 5.60. The number of sulfone groups is 1. The zero-order chi connectivity index (χ0) is 14.8. The number of halogens is 1. The molecule has 0 spiro atoms. The van der Waals surface area contributed by atoms with Crippen molar-refractivity contribution in [2.75, 3.05) is 11.6 Å². The average Bonchev–Trinajstić information content (AvgIpc) is 2.38. The third-order valence-corrected chi connectivity index (χ3v) is 3.99. The van der Waals surface area contributed by atoms with Crippen molar-refractivity contribution in [1.82, 2.24) is 4.98 Å². The van der Waals surface area contributed by atoms with Crippen molar-refractivity contribution in [3.8, 4) is 0 Å². The summed E-state index contributed by atoms with van der Waals surface area (Å²) >= 11 is 5.82. The minimum Gasteiger partial charge on any atom is -0.321 e. The molecular formula is C13H11ClN2O3S. The van der Waals surface area contributed by atoms with E-state index in [2.05, 4.69) is 10.3 Å². The predicted molar refractivity (Wildman–Crippen MR) is 76.8 cm³/mol. The highest BCUT2D eigenvalue weighted by molar-refractivity contribution is 7.90. The molecule has 0 aliphatic heterocycles. The minimum atomic E-state index is -3.43. The molecular weight excluding hydrogens is 300 g/mol. The van der Waals surface area contributed by atoms with Crippen LogP contribution >= 0.6 is 11.6 Å². The Morgan fingerprint density at radius 3 is 2.55 bits per heavy atom. The summed E-state index contributed by atoms with van der Waals surface area (Å²) in [6, 6.07) is 9.24. The van der Waals surface area contributed by atoms with Crippen LogP contribution in [0.2, 0.25) is 5.15 Å². The van der Waals surface area contributed by atoms with E-state index in [0.717, 1.165) is 6.26 Å². The van der Waals surface area contributed by atoms with E-state index in [1.807, 2.05) is 0 Å². The largest absolute Gasteiger partial charge is 0.321 e. The first-order valence-electron chi connectivity index (χ1n) is 5.60. The quantitative estimate of drug-likeness (QED) is 0.883. The topological polar surface area (TPSA) is 76.1 Å². The molecule has 5 nitrogen and oxygen atoms in total. The highest BCUT2D eigenvalue weighted by Crippen LogP contribution is 2.22. The third-order valence-electron chi connectivity index (χ3n) is 2.54. The normalized spacial score (nSPS) is 11.1. The average molecular weight is 311 g/mol. The molecule has 0 aliphatic rings. The lowest BCUT2D eigenvalue weighted by Gasteiger charge is -2.10. The molecule has 0 radical (unpaired) electrons. The van der Waals surface area contributed by atoms with Gasteiger partial charge in [-0.05, 0) is 24.3 Å². The molecule has 104 valence electrons. The summed E-state index contributed by atoms with van der Waals surface area (Å²) < 4.78 is 23.3. The summed E-state index contributed by atoms with van der Waals surface area (Å²) in [5, 5.41) is 2.59. The van der Waals surface area contributed by atoms with Crippen molar-refractivity contribution >= 4 is 33.0 Å². The van der Waals surface area contributed by atoms with Gasteiger partial charge in [-0.3, -0.25) is 4.79 Å². The Balaban J connectivity index is 2.37. The van der Waals surface area contributed by atoms with E-state index in [-0.39, 0.29) is 21.3 Å². The summed E-state index contributed by atoms with van der Waals surface area (Å²) in [6.45, 7) is 0. The van der Waals surface area contributed by atoms with Crippen molar-refractivity contribution in [3.63, 3.8) is 0 Å². The van der Waals surface area contributed by atoms with Gasteiger partial charge in [0.25, 0.3) is 5.91 Å². The number of nitrogens with zero attached hydrogens (tertiary/aromatic N) is 1. The van der Waals surface area contributed by atoms with Crippen LogP contribution in [0.1, 0.15) is 10.4 Å². The van der Waals surface area contributed by atoms with Gasteiger partial charge in [0.2, 0.25) is 0 Å². The zero-order valence-electron chi connectivity index (χ0n) is 10.5. The van der Waals surface area contributed by atoms with Gasteiger partial charge in [0.1, 0.15) is 5.15 Å². The molecule has 2 rings (SSSR count). The van der Waals surface area contributed by atoms with E-state index in [0.29, 0.717) is 0 Å². The fraction of sp³-hybridized carbons (Fsp3) is 0.0769. The zero-order valence-corrected chi connectivity index (χ0v) is 12.1. The predicted octanol–water partition coefficient (Wildman–Crippen LogP) is 2.39. The summed E-state index contributed by atoms with van der Waals surface area (Å²) in [6.07, 6.45) is 2.54. The van der Waals surface area contributed by atoms with E-state index in [1.165, 1.54) is 24.4 Å². The molecule has 0 saturated heterocycles. The number of carbonyl (C=O) groups excluding carboxylic acids is 1. The van der Waals surface area contributed by atoms with Crippen LogP contribution in [0.15, 0.2) is 47.5 Å². The first kappa shape index (κ1) is 14.5. The molecule has 20 heavy (non-hydrogen) atoms. The second-order valence-corrected chi connectivity index (χ2v) is 6.41. The number of nitrogens with one attached hydrogen (secondary N) is 1. The number of benzene rings is 1. The first-order chi connectivity index (χ1) is 9.39. The number of para-hydroxylation sites is 1. The molecule has 1 N–H and O–H groups in total. The first-order valence-corrected chi connectivity index (χ1v) is 7.87. The second-order valence-electron chi connectivity index (χ2n) is 4.06. The van der Waals surface area contributed by atoms with Gasteiger partial charge in [-0.15, -0.1) is 0 Å². The van der Waals surface area contributed by atoms with Gasteiger partial charge in [0.15, 0.2) is 9.84 Å². The molecule has 1 amide bonds. The van der Waals surface area contributed by atoms with Crippen LogP contribution in [0.25, 0.3) is 0 Å². The Morgan fingerprint density at radius 2 is 1.90 bits per heavy atom. The monoisotopic (exact) mass is 310 g/mol. The van der Waals surface area contributed by atoms with E-state index in [9.17, 15) is 13.2 Å².